The number of carbonyl (C=O) groups is 1. The molecule has 3 nitrogen and oxygen atoms in total. The first kappa shape index (κ1) is 13.6. The Balaban J connectivity index is 1.56. The highest BCUT2D eigenvalue weighted by Gasteiger charge is 2.21. The highest BCUT2D eigenvalue weighted by atomic mass is 19.1. The molecule has 2 N–H and O–H groups in total. The standard InChI is InChI=1S/C17H17FN2O/c18-15-7-3-1-6-14(15)17(21)19-10-9-12-11-20-16-8-4-2-5-13(12)16/h1-8,12,20H,9-11H2,(H,19,21). The average Bonchev–Trinajstić information content (AvgIpc) is 2.91. The van der Waals surface area contributed by atoms with E-state index >= 15 is 0 Å². The molecule has 1 amide bonds. The van der Waals surface area contributed by atoms with Gasteiger partial charge in [0.15, 0.2) is 0 Å². The smallest absolute Gasteiger partial charge is 0.254 e. The number of halogens is 1. The number of anilines is 1. The van der Waals surface area contributed by atoms with E-state index < -0.39 is 5.82 Å². The minimum absolute atomic E-state index is 0.0995. The van der Waals surface area contributed by atoms with Gasteiger partial charge in [-0.2, -0.15) is 0 Å². The molecule has 2 aromatic rings. The first-order valence-electron chi connectivity index (χ1n) is 7.11. The molecule has 108 valence electrons. The summed E-state index contributed by atoms with van der Waals surface area (Å²) in [5.74, 6) is -0.447. The van der Waals surface area contributed by atoms with Gasteiger partial charge in [-0.1, -0.05) is 30.3 Å². The van der Waals surface area contributed by atoms with Crippen LogP contribution in [-0.4, -0.2) is 19.0 Å². The molecule has 0 aromatic heterocycles. The number of carbonyl (C=O) groups excluding carboxylic acids is 1. The fourth-order valence-electron chi connectivity index (χ4n) is 2.72. The van der Waals surface area contributed by atoms with Gasteiger partial charge in [-0.15, -0.1) is 0 Å². The Morgan fingerprint density at radius 2 is 1.95 bits per heavy atom. The molecule has 0 aliphatic carbocycles. The lowest BCUT2D eigenvalue weighted by Crippen LogP contribution is -2.26. The van der Waals surface area contributed by atoms with Crippen molar-refractivity contribution < 1.29 is 9.18 Å². The lowest BCUT2D eigenvalue weighted by atomic mass is 9.98. The summed E-state index contributed by atoms with van der Waals surface area (Å²) in [4.78, 5) is 11.9. The van der Waals surface area contributed by atoms with Crippen LogP contribution in [0.25, 0.3) is 0 Å². The summed E-state index contributed by atoms with van der Waals surface area (Å²) in [6, 6.07) is 14.2. The highest BCUT2D eigenvalue weighted by Crippen LogP contribution is 2.32. The molecule has 0 fully saturated rings. The zero-order chi connectivity index (χ0) is 14.7. The van der Waals surface area contributed by atoms with Gasteiger partial charge < -0.3 is 10.6 Å². The lowest BCUT2D eigenvalue weighted by Gasteiger charge is -2.11. The van der Waals surface area contributed by atoms with Crippen LogP contribution < -0.4 is 10.6 Å². The predicted molar refractivity (Wildman–Crippen MR) is 81.0 cm³/mol. The fourth-order valence-corrected chi connectivity index (χ4v) is 2.72. The maximum Gasteiger partial charge on any atom is 0.254 e. The van der Waals surface area contributed by atoms with Crippen molar-refractivity contribution in [3.8, 4) is 0 Å². The number of rotatable bonds is 4. The van der Waals surface area contributed by atoms with Gasteiger partial charge >= 0.3 is 0 Å². The minimum atomic E-state index is -0.483. The Labute approximate surface area is 123 Å². The molecule has 0 bridgehead atoms. The third-order valence-electron chi connectivity index (χ3n) is 3.84. The van der Waals surface area contributed by atoms with Crippen LogP contribution in [0.4, 0.5) is 10.1 Å². The second-order valence-corrected chi connectivity index (χ2v) is 5.19. The molecule has 1 atom stereocenters. The molecule has 4 heteroatoms. The van der Waals surface area contributed by atoms with Crippen molar-refractivity contribution in [2.24, 2.45) is 0 Å². The van der Waals surface area contributed by atoms with Gasteiger partial charge in [-0.3, -0.25) is 4.79 Å². The van der Waals surface area contributed by atoms with Crippen LogP contribution in [0.5, 0.6) is 0 Å². The van der Waals surface area contributed by atoms with Crippen LogP contribution in [-0.2, 0) is 0 Å². The quantitative estimate of drug-likeness (QED) is 0.905. The van der Waals surface area contributed by atoms with Gasteiger partial charge in [0.25, 0.3) is 5.91 Å². The topological polar surface area (TPSA) is 41.1 Å². The molecule has 0 saturated carbocycles. The van der Waals surface area contributed by atoms with E-state index in [9.17, 15) is 9.18 Å². The SMILES string of the molecule is O=C(NCCC1CNc2ccccc21)c1ccccc1F. The Bertz CT molecular complexity index is 657. The van der Waals surface area contributed by atoms with E-state index in [1.165, 1.54) is 23.4 Å². The lowest BCUT2D eigenvalue weighted by molar-refractivity contribution is 0.0948. The van der Waals surface area contributed by atoms with E-state index in [0.717, 1.165) is 13.0 Å². The molecular weight excluding hydrogens is 267 g/mol. The van der Waals surface area contributed by atoms with Crippen molar-refractivity contribution in [1.82, 2.24) is 5.32 Å². The van der Waals surface area contributed by atoms with Gasteiger partial charge in [-0.05, 0) is 30.2 Å². The van der Waals surface area contributed by atoms with Crippen LogP contribution in [0.15, 0.2) is 48.5 Å². The number of nitrogens with one attached hydrogen (secondary N) is 2. The van der Waals surface area contributed by atoms with Crippen molar-refractivity contribution in [2.45, 2.75) is 12.3 Å². The molecule has 0 radical (unpaired) electrons. The molecule has 2 aromatic carbocycles. The molecule has 1 heterocycles. The van der Waals surface area contributed by atoms with Crippen molar-refractivity contribution in [3.05, 3.63) is 65.5 Å². The molecule has 21 heavy (non-hydrogen) atoms. The predicted octanol–water partition coefficient (Wildman–Crippen LogP) is 3.15. The van der Waals surface area contributed by atoms with Gasteiger partial charge in [0.2, 0.25) is 0 Å². The zero-order valence-corrected chi connectivity index (χ0v) is 11.6. The Morgan fingerprint density at radius 3 is 2.81 bits per heavy atom. The van der Waals surface area contributed by atoms with E-state index in [-0.39, 0.29) is 11.5 Å². The van der Waals surface area contributed by atoms with Gasteiger partial charge in [0.05, 0.1) is 5.56 Å². The number of para-hydroxylation sites is 1. The fraction of sp³-hybridized carbons (Fsp3) is 0.235. The third-order valence-corrected chi connectivity index (χ3v) is 3.84. The molecular formula is C17H17FN2O. The van der Waals surface area contributed by atoms with E-state index in [2.05, 4.69) is 22.8 Å². The van der Waals surface area contributed by atoms with E-state index in [4.69, 9.17) is 0 Å². The molecule has 1 unspecified atom stereocenters. The molecule has 1 aliphatic rings. The van der Waals surface area contributed by atoms with Crippen LogP contribution >= 0.6 is 0 Å². The first-order valence-corrected chi connectivity index (χ1v) is 7.11. The summed E-state index contributed by atoms with van der Waals surface area (Å²) < 4.78 is 13.5. The van der Waals surface area contributed by atoms with Gasteiger partial charge in [0.1, 0.15) is 5.82 Å². The molecule has 0 spiro atoms. The van der Waals surface area contributed by atoms with Crippen molar-refractivity contribution >= 4 is 11.6 Å². The summed E-state index contributed by atoms with van der Waals surface area (Å²) in [5.41, 5.74) is 2.56. The van der Waals surface area contributed by atoms with E-state index in [1.807, 2.05) is 12.1 Å². The third kappa shape index (κ3) is 2.89. The van der Waals surface area contributed by atoms with Crippen molar-refractivity contribution in [3.63, 3.8) is 0 Å². The molecule has 0 saturated heterocycles. The van der Waals surface area contributed by atoms with Gasteiger partial charge in [0, 0.05) is 24.7 Å². The number of amides is 1. The first-order chi connectivity index (χ1) is 10.3. The van der Waals surface area contributed by atoms with Crippen molar-refractivity contribution in [2.75, 3.05) is 18.4 Å². The normalized spacial score (nSPS) is 16.1. The van der Waals surface area contributed by atoms with E-state index in [0.29, 0.717) is 12.5 Å². The number of hydrogen-bond acceptors (Lipinski definition) is 2. The number of fused-ring (bicyclic) bond motifs is 1. The highest BCUT2D eigenvalue weighted by molar-refractivity contribution is 5.94. The summed E-state index contributed by atoms with van der Waals surface area (Å²) in [6.45, 7) is 1.42. The maximum atomic E-state index is 13.5. The van der Waals surface area contributed by atoms with Crippen LogP contribution in [0.3, 0.4) is 0 Å². The van der Waals surface area contributed by atoms with Crippen LogP contribution in [0.1, 0.15) is 28.3 Å². The largest absolute Gasteiger partial charge is 0.384 e. The average molecular weight is 284 g/mol. The second-order valence-electron chi connectivity index (χ2n) is 5.19. The Kier molecular flexibility index (Phi) is 3.86. The summed E-state index contributed by atoms with van der Waals surface area (Å²) >= 11 is 0. The number of hydrogen-bond donors (Lipinski definition) is 2. The Hall–Kier alpha value is -2.36. The Morgan fingerprint density at radius 1 is 1.19 bits per heavy atom. The van der Waals surface area contributed by atoms with Crippen LogP contribution in [0, 0.1) is 5.82 Å². The van der Waals surface area contributed by atoms with Gasteiger partial charge in [-0.25, -0.2) is 4.39 Å². The zero-order valence-electron chi connectivity index (χ0n) is 11.6. The minimum Gasteiger partial charge on any atom is -0.384 e. The maximum absolute atomic E-state index is 13.5. The molecule has 3 rings (SSSR count). The monoisotopic (exact) mass is 284 g/mol. The summed E-state index contributed by atoms with van der Waals surface area (Å²) in [5, 5.41) is 6.15. The summed E-state index contributed by atoms with van der Waals surface area (Å²) in [6.07, 6.45) is 0.838. The second kappa shape index (κ2) is 5.95. The summed E-state index contributed by atoms with van der Waals surface area (Å²) in [7, 11) is 0. The van der Waals surface area contributed by atoms with Crippen LogP contribution in [0.2, 0.25) is 0 Å². The molecule has 1 aliphatic heterocycles. The number of benzene rings is 2. The van der Waals surface area contributed by atoms with E-state index in [1.54, 1.807) is 12.1 Å². The van der Waals surface area contributed by atoms with Crippen molar-refractivity contribution in [1.29, 1.82) is 0 Å².